The average Bonchev–Trinajstić information content (AvgIpc) is 3.63. The molecule has 5 nitrogen and oxygen atoms in total. The fourth-order valence-electron chi connectivity index (χ4n) is 8.52. The first-order chi connectivity index (χ1) is 16.1. The SMILES string of the molecule is NC(=O)c1ccc(OC2CC3CCC2C3)c(OC2CC3CCC2C3)c1OC1CC2CCC1C2. The Morgan fingerprint density at radius 2 is 1.12 bits per heavy atom. The Morgan fingerprint density at radius 3 is 1.55 bits per heavy atom. The number of ether oxygens (including phenoxy) is 3. The topological polar surface area (TPSA) is 70.8 Å². The van der Waals surface area contributed by atoms with Crippen LogP contribution in [0.4, 0.5) is 0 Å². The average molecular weight is 452 g/mol. The van der Waals surface area contributed by atoms with E-state index in [9.17, 15) is 4.79 Å². The van der Waals surface area contributed by atoms with E-state index >= 15 is 0 Å². The summed E-state index contributed by atoms with van der Waals surface area (Å²) in [4.78, 5) is 12.5. The first-order valence-corrected chi connectivity index (χ1v) is 13.6. The standard InChI is InChI=1S/C28H37NO4/c29-28(30)21-7-8-22(31-23-12-15-1-4-18(23)9-15)27(33-25-14-17-3-6-20(25)11-17)26(21)32-24-13-16-2-5-19(24)10-16/h7-8,15-20,23-25H,1-6,9-14H2,(H2,29,30). The van der Waals surface area contributed by atoms with Crippen molar-refractivity contribution in [2.24, 2.45) is 41.2 Å². The van der Waals surface area contributed by atoms with Gasteiger partial charge in [0.2, 0.25) is 5.75 Å². The van der Waals surface area contributed by atoms with Crippen molar-refractivity contribution < 1.29 is 19.0 Å². The van der Waals surface area contributed by atoms with Crippen LogP contribution >= 0.6 is 0 Å². The van der Waals surface area contributed by atoms with Crippen LogP contribution in [0, 0.1) is 35.5 Å². The second-order valence-corrected chi connectivity index (χ2v) is 12.1. The maximum atomic E-state index is 12.5. The summed E-state index contributed by atoms with van der Waals surface area (Å²) < 4.78 is 20.1. The molecule has 0 radical (unpaired) electrons. The Morgan fingerprint density at radius 1 is 0.636 bits per heavy atom. The number of carbonyl (C=O) groups is 1. The number of rotatable bonds is 7. The number of benzene rings is 1. The van der Waals surface area contributed by atoms with Crippen LogP contribution in [0.25, 0.3) is 0 Å². The largest absolute Gasteiger partial charge is 0.486 e. The van der Waals surface area contributed by atoms with E-state index in [-0.39, 0.29) is 18.3 Å². The lowest BCUT2D eigenvalue weighted by atomic mass is 9.97. The molecule has 33 heavy (non-hydrogen) atoms. The van der Waals surface area contributed by atoms with Gasteiger partial charge in [0.1, 0.15) is 18.3 Å². The Kier molecular flexibility index (Phi) is 4.84. The van der Waals surface area contributed by atoms with Crippen molar-refractivity contribution in [3.8, 4) is 17.2 Å². The lowest BCUT2D eigenvalue weighted by Gasteiger charge is -2.31. The van der Waals surface area contributed by atoms with Gasteiger partial charge in [0.25, 0.3) is 5.91 Å². The molecule has 9 unspecified atom stereocenters. The highest BCUT2D eigenvalue weighted by Crippen LogP contribution is 2.53. The summed E-state index contributed by atoms with van der Waals surface area (Å²) in [6.45, 7) is 0. The molecule has 7 rings (SSSR count). The Bertz CT molecular complexity index is 946. The molecule has 6 fully saturated rings. The zero-order valence-electron chi connectivity index (χ0n) is 19.5. The summed E-state index contributed by atoms with van der Waals surface area (Å²) in [7, 11) is 0. The van der Waals surface area contributed by atoms with E-state index in [4.69, 9.17) is 19.9 Å². The van der Waals surface area contributed by atoms with E-state index in [1.165, 1.54) is 57.8 Å². The lowest BCUT2D eigenvalue weighted by molar-refractivity contribution is 0.0879. The van der Waals surface area contributed by atoms with Gasteiger partial charge < -0.3 is 19.9 Å². The number of nitrogens with two attached hydrogens (primary N) is 1. The zero-order chi connectivity index (χ0) is 22.1. The highest BCUT2D eigenvalue weighted by atomic mass is 16.6. The molecule has 6 saturated carbocycles. The first kappa shape index (κ1) is 20.5. The van der Waals surface area contributed by atoms with E-state index in [0.717, 1.165) is 42.8 Å². The monoisotopic (exact) mass is 451 g/mol. The highest BCUT2D eigenvalue weighted by molar-refractivity contribution is 5.97. The molecular weight excluding hydrogens is 414 g/mol. The summed E-state index contributed by atoms with van der Waals surface area (Å²) in [6.07, 6.45) is 15.5. The zero-order valence-corrected chi connectivity index (χ0v) is 19.5. The number of hydrogen-bond donors (Lipinski definition) is 1. The molecule has 1 amide bonds. The summed E-state index contributed by atoms with van der Waals surface area (Å²) in [6, 6.07) is 3.73. The van der Waals surface area contributed by atoms with Gasteiger partial charge in [0, 0.05) is 0 Å². The van der Waals surface area contributed by atoms with Gasteiger partial charge in [0.05, 0.1) is 5.56 Å². The minimum atomic E-state index is -0.447. The van der Waals surface area contributed by atoms with Crippen molar-refractivity contribution in [3.63, 3.8) is 0 Å². The predicted octanol–water partition coefficient (Wildman–Crippen LogP) is 5.49. The van der Waals surface area contributed by atoms with Gasteiger partial charge in [-0.3, -0.25) is 4.79 Å². The van der Waals surface area contributed by atoms with Crippen LogP contribution in [0.15, 0.2) is 12.1 Å². The molecule has 5 heteroatoms. The Labute approximate surface area is 196 Å². The van der Waals surface area contributed by atoms with Crippen molar-refractivity contribution in [3.05, 3.63) is 17.7 Å². The second-order valence-electron chi connectivity index (χ2n) is 12.1. The van der Waals surface area contributed by atoms with E-state index < -0.39 is 5.91 Å². The van der Waals surface area contributed by atoms with Crippen LogP contribution < -0.4 is 19.9 Å². The van der Waals surface area contributed by atoms with E-state index in [1.807, 2.05) is 6.07 Å². The summed E-state index contributed by atoms with van der Waals surface area (Å²) >= 11 is 0. The normalized spacial score (nSPS) is 42.2. The third kappa shape index (κ3) is 3.52. The molecular formula is C28H37NO4. The van der Waals surface area contributed by atoms with Crippen LogP contribution in [-0.4, -0.2) is 24.2 Å². The molecule has 0 heterocycles. The molecule has 9 atom stereocenters. The van der Waals surface area contributed by atoms with E-state index in [1.54, 1.807) is 6.07 Å². The van der Waals surface area contributed by atoms with Crippen molar-refractivity contribution >= 4 is 5.91 Å². The smallest absolute Gasteiger partial charge is 0.252 e. The summed E-state index contributed by atoms with van der Waals surface area (Å²) in [5.74, 6) is 5.73. The van der Waals surface area contributed by atoms with Crippen molar-refractivity contribution in [1.82, 2.24) is 0 Å². The van der Waals surface area contributed by atoms with Gasteiger partial charge in [-0.05, 0) is 125 Å². The molecule has 1 aromatic rings. The molecule has 1 aromatic carbocycles. The van der Waals surface area contributed by atoms with Gasteiger partial charge in [-0.25, -0.2) is 0 Å². The van der Waals surface area contributed by atoms with Crippen LogP contribution in [0.3, 0.4) is 0 Å². The van der Waals surface area contributed by atoms with Crippen molar-refractivity contribution in [1.29, 1.82) is 0 Å². The van der Waals surface area contributed by atoms with Crippen molar-refractivity contribution in [2.75, 3.05) is 0 Å². The molecule has 0 aromatic heterocycles. The molecule has 6 aliphatic rings. The highest BCUT2D eigenvalue weighted by Gasteiger charge is 2.45. The molecule has 178 valence electrons. The van der Waals surface area contributed by atoms with Crippen molar-refractivity contribution in [2.45, 2.75) is 95.4 Å². The van der Waals surface area contributed by atoms with Gasteiger partial charge in [-0.1, -0.05) is 0 Å². The number of primary amides is 1. The molecule has 0 spiro atoms. The molecule has 0 saturated heterocycles. The van der Waals surface area contributed by atoms with Gasteiger partial charge >= 0.3 is 0 Å². The molecule has 6 bridgehead atoms. The Balaban J connectivity index is 1.24. The molecule has 0 aliphatic heterocycles. The maximum Gasteiger partial charge on any atom is 0.252 e. The third-order valence-electron chi connectivity index (χ3n) is 10.2. The van der Waals surface area contributed by atoms with Gasteiger partial charge in [0.15, 0.2) is 11.5 Å². The number of amides is 1. The third-order valence-corrected chi connectivity index (χ3v) is 10.2. The molecule has 2 N–H and O–H groups in total. The second kappa shape index (κ2) is 7.81. The maximum absolute atomic E-state index is 12.5. The van der Waals surface area contributed by atoms with Gasteiger partial charge in [-0.2, -0.15) is 0 Å². The fourth-order valence-corrected chi connectivity index (χ4v) is 8.52. The van der Waals surface area contributed by atoms with Crippen LogP contribution in [0.1, 0.15) is 87.4 Å². The Hall–Kier alpha value is -1.91. The van der Waals surface area contributed by atoms with Crippen LogP contribution in [0.5, 0.6) is 17.2 Å². The number of fused-ring (bicyclic) bond motifs is 6. The first-order valence-electron chi connectivity index (χ1n) is 13.6. The van der Waals surface area contributed by atoms with E-state index in [0.29, 0.717) is 34.8 Å². The summed E-state index contributed by atoms with van der Waals surface area (Å²) in [5.41, 5.74) is 6.29. The van der Waals surface area contributed by atoms with Gasteiger partial charge in [-0.15, -0.1) is 0 Å². The van der Waals surface area contributed by atoms with Crippen LogP contribution in [0.2, 0.25) is 0 Å². The lowest BCUT2D eigenvalue weighted by Crippen LogP contribution is -2.29. The fraction of sp³-hybridized carbons (Fsp3) is 0.750. The molecule has 6 aliphatic carbocycles. The quantitative estimate of drug-likeness (QED) is 0.595. The minimum Gasteiger partial charge on any atom is -0.486 e. The minimum absolute atomic E-state index is 0.155. The number of carbonyl (C=O) groups excluding carboxylic acids is 1. The van der Waals surface area contributed by atoms with Crippen LogP contribution in [-0.2, 0) is 0 Å². The van der Waals surface area contributed by atoms with E-state index in [2.05, 4.69) is 0 Å². The summed E-state index contributed by atoms with van der Waals surface area (Å²) in [5, 5.41) is 0. The predicted molar refractivity (Wildman–Crippen MR) is 125 cm³/mol. The number of hydrogen-bond acceptors (Lipinski definition) is 4.